The Kier molecular flexibility index (Phi) is 9.85. The summed E-state index contributed by atoms with van der Waals surface area (Å²) in [5.41, 5.74) is -3.21. The Bertz CT molecular complexity index is 1810. The molecule has 0 heterocycles. The monoisotopic (exact) mass is 762 g/mol. The molecule has 300 valence electrons. The lowest BCUT2D eigenvalue weighted by Gasteiger charge is -2.59. The van der Waals surface area contributed by atoms with Crippen molar-refractivity contribution >= 4 is 29.1 Å². The molecule has 0 aromatic heterocycles. The maximum Gasteiger partial charge on any atom is 0.303 e. The summed E-state index contributed by atoms with van der Waals surface area (Å²) in [5, 5.41) is 54.4. The average Bonchev–Trinajstić information content (AvgIpc) is 3.56. The molecule has 55 heavy (non-hydrogen) atoms. The van der Waals surface area contributed by atoms with Gasteiger partial charge in [0.25, 0.3) is 0 Å². The number of Topliss-reactive ketones (excluding diaryl/α,β-unsaturated/α-hetero) is 2. The highest BCUT2D eigenvalue weighted by atomic mass is 16.5. The van der Waals surface area contributed by atoms with Crippen LogP contribution in [0.3, 0.4) is 0 Å². The van der Waals surface area contributed by atoms with Crippen molar-refractivity contribution in [2.45, 2.75) is 122 Å². The topological polar surface area (TPSA) is 196 Å². The summed E-state index contributed by atoms with van der Waals surface area (Å²) in [7, 11) is 0. The van der Waals surface area contributed by atoms with Crippen LogP contribution in [0.4, 0.5) is 0 Å². The number of ketones is 4. The Hall–Kier alpha value is -3.09. The fraction of sp³-hybridized carbons (Fsp3) is 0.705. The first-order valence-corrected chi connectivity index (χ1v) is 20.2. The van der Waals surface area contributed by atoms with Gasteiger partial charge in [-0.2, -0.15) is 0 Å². The van der Waals surface area contributed by atoms with E-state index in [1.165, 1.54) is 6.92 Å². The van der Waals surface area contributed by atoms with Gasteiger partial charge in [0.1, 0.15) is 17.8 Å². The number of aliphatic hydroxyl groups is 5. The van der Waals surface area contributed by atoms with Gasteiger partial charge >= 0.3 is 5.97 Å². The van der Waals surface area contributed by atoms with Crippen LogP contribution in [0.25, 0.3) is 0 Å². The molecule has 0 amide bonds. The number of hydrogen-bond donors (Lipinski definition) is 5. The smallest absolute Gasteiger partial charge is 0.303 e. The van der Waals surface area contributed by atoms with E-state index < -0.39 is 65.0 Å². The van der Waals surface area contributed by atoms with E-state index in [9.17, 15) is 49.5 Å². The molecule has 11 nitrogen and oxygen atoms in total. The standard InChI is InChI=1S/C23H30O6.C21H28O5/c1-13(24)29-12-19(27)23(28)9-7-17-16-5-4-14-10-15(25)6-8-21(14,2)20(16)18(26)11-22(17,23)3;1-19-7-5-13(23)9-12(19)3-4-14-15-6-8-21(26,17(25)11-22)20(15,2)10-16(24)18(14)19/h6,8,10,16-18,20,26,28H,4-5,7,9,11-12H2,1-3H3;5,7,9,14-16,18,22,24,26H,3-4,6,8,10-11H2,1-2H3/t16-,17-,18-,20+,21-,22-,23-;14-,15-,16-,18+,19-,20-,21-/m00/s1. The number of allylic oxidation sites excluding steroid dienone is 8. The molecular formula is C44H58O11. The lowest BCUT2D eigenvalue weighted by atomic mass is 9.46. The zero-order chi connectivity index (χ0) is 40.1. The predicted octanol–water partition coefficient (Wildman–Crippen LogP) is 3.69. The van der Waals surface area contributed by atoms with Gasteiger partial charge in [0.2, 0.25) is 5.78 Å². The van der Waals surface area contributed by atoms with E-state index in [4.69, 9.17) is 4.74 Å². The Labute approximate surface area is 323 Å². The molecule has 0 saturated heterocycles. The number of ether oxygens (including phenoxy) is 1. The average molecular weight is 763 g/mol. The molecule has 0 unspecified atom stereocenters. The van der Waals surface area contributed by atoms with Crippen molar-refractivity contribution < 1.29 is 54.2 Å². The minimum absolute atomic E-state index is 0.00243. The largest absolute Gasteiger partial charge is 0.458 e. The Morgan fingerprint density at radius 3 is 1.53 bits per heavy atom. The third-order valence-electron chi connectivity index (χ3n) is 16.8. The van der Waals surface area contributed by atoms with Gasteiger partial charge < -0.3 is 30.3 Å². The minimum atomic E-state index is -1.60. The molecule has 0 radical (unpaired) electrons. The molecule has 5 N–H and O–H groups in total. The Balaban J connectivity index is 0.000000170. The van der Waals surface area contributed by atoms with Crippen molar-refractivity contribution in [3.05, 3.63) is 47.6 Å². The summed E-state index contributed by atoms with van der Waals surface area (Å²) in [6.45, 7) is 8.14. The number of carbonyl (C=O) groups is 5. The molecule has 0 aromatic rings. The number of fused-ring (bicyclic) bond motifs is 10. The van der Waals surface area contributed by atoms with E-state index in [0.29, 0.717) is 32.1 Å². The molecule has 0 spiro atoms. The van der Waals surface area contributed by atoms with Crippen molar-refractivity contribution in [2.75, 3.05) is 13.2 Å². The highest BCUT2D eigenvalue weighted by molar-refractivity contribution is 6.01. The van der Waals surface area contributed by atoms with Crippen LogP contribution in [0, 0.1) is 57.2 Å². The first-order chi connectivity index (χ1) is 25.7. The number of rotatable bonds is 5. The normalized spacial score (nSPS) is 47.7. The van der Waals surface area contributed by atoms with Crippen LogP contribution in [-0.4, -0.2) is 91.3 Å². The Morgan fingerprint density at radius 1 is 0.709 bits per heavy atom. The molecule has 0 aliphatic heterocycles. The van der Waals surface area contributed by atoms with E-state index in [1.54, 1.807) is 24.3 Å². The maximum atomic E-state index is 12.9. The van der Waals surface area contributed by atoms with Crippen LogP contribution in [0.15, 0.2) is 47.6 Å². The van der Waals surface area contributed by atoms with Gasteiger partial charge in [0, 0.05) is 40.4 Å². The van der Waals surface area contributed by atoms with Gasteiger partial charge in [-0.1, -0.05) is 51.0 Å². The van der Waals surface area contributed by atoms with Crippen molar-refractivity contribution in [1.82, 2.24) is 0 Å². The highest BCUT2D eigenvalue weighted by Crippen LogP contribution is 2.68. The second-order valence-corrected chi connectivity index (χ2v) is 19.0. The molecule has 8 aliphatic rings. The number of esters is 1. The van der Waals surface area contributed by atoms with Crippen LogP contribution in [0.5, 0.6) is 0 Å². The van der Waals surface area contributed by atoms with Gasteiger partial charge in [-0.25, -0.2) is 0 Å². The van der Waals surface area contributed by atoms with E-state index >= 15 is 0 Å². The molecule has 8 aliphatic carbocycles. The van der Waals surface area contributed by atoms with E-state index in [2.05, 4.69) is 13.8 Å². The number of carbonyl (C=O) groups excluding carboxylic acids is 5. The van der Waals surface area contributed by atoms with Crippen LogP contribution in [-0.2, 0) is 28.7 Å². The predicted molar refractivity (Wildman–Crippen MR) is 200 cm³/mol. The van der Waals surface area contributed by atoms with Gasteiger partial charge in [-0.15, -0.1) is 0 Å². The summed E-state index contributed by atoms with van der Waals surface area (Å²) in [5.74, 6) is -1.06. The summed E-state index contributed by atoms with van der Waals surface area (Å²) in [6, 6.07) is 0. The van der Waals surface area contributed by atoms with Crippen LogP contribution in [0.2, 0.25) is 0 Å². The third-order valence-corrected chi connectivity index (χ3v) is 16.8. The summed E-state index contributed by atoms with van der Waals surface area (Å²) in [4.78, 5) is 60.0. The van der Waals surface area contributed by atoms with Gasteiger partial charge in [0.15, 0.2) is 24.0 Å². The molecule has 14 atom stereocenters. The number of aliphatic hydroxyl groups excluding tert-OH is 3. The van der Waals surface area contributed by atoms with E-state index in [0.717, 1.165) is 43.3 Å². The van der Waals surface area contributed by atoms with Gasteiger partial charge in [0.05, 0.1) is 12.2 Å². The first kappa shape index (κ1) is 40.1. The maximum absolute atomic E-state index is 12.9. The number of hydrogen-bond acceptors (Lipinski definition) is 11. The second-order valence-electron chi connectivity index (χ2n) is 19.0. The van der Waals surface area contributed by atoms with Gasteiger partial charge in [-0.05, 0) is 112 Å². The van der Waals surface area contributed by atoms with Gasteiger partial charge in [-0.3, -0.25) is 24.0 Å². The molecule has 0 aromatic carbocycles. The fourth-order valence-electron chi connectivity index (χ4n) is 14.0. The summed E-state index contributed by atoms with van der Waals surface area (Å²) < 4.78 is 4.88. The zero-order valence-electron chi connectivity index (χ0n) is 32.8. The molecule has 0 bridgehead atoms. The molecule has 11 heteroatoms. The molecule has 6 saturated carbocycles. The fourth-order valence-corrected chi connectivity index (χ4v) is 14.0. The lowest BCUT2D eigenvalue weighted by molar-refractivity contribution is -0.181. The highest BCUT2D eigenvalue weighted by Gasteiger charge is 2.69. The van der Waals surface area contributed by atoms with Crippen molar-refractivity contribution in [1.29, 1.82) is 0 Å². The Morgan fingerprint density at radius 2 is 1.13 bits per heavy atom. The molecular weight excluding hydrogens is 704 g/mol. The molecule has 8 rings (SSSR count). The summed E-state index contributed by atoms with van der Waals surface area (Å²) >= 11 is 0. The van der Waals surface area contributed by atoms with E-state index in [-0.39, 0.29) is 57.9 Å². The SMILES string of the molecule is CC(=O)OCC(=O)[C@@]1(O)CC[C@H]2[C@@H]3CCC4=CC(=O)C=C[C@]4(C)[C@H]3[C@@H](O)C[C@@]21C.C[C@]12C=CC(=O)C=C1CC[C@@H]1[C@@H]2[C@@H](O)C[C@@]2(C)[C@H]1CC[C@]2(O)C(=O)CO. The van der Waals surface area contributed by atoms with Crippen molar-refractivity contribution in [3.63, 3.8) is 0 Å². The van der Waals surface area contributed by atoms with Crippen LogP contribution >= 0.6 is 0 Å². The second kappa shape index (κ2) is 13.5. The van der Waals surface area contributed by atoms with Crippen molar-refractivity contribution in [2.24, 2.45) is 57.2 Å². The lowest BCUT2D eigenvalue weighted by Crippen LogP contribution is -2.61. The van der Waals surface area contributed by atoms with Crippen molar-refractivity contribution in [3.8, 4) is 0 Å². The quantitative estimate of drug-likeness (QED) is 0.257. The summed E-state index contributed by atoms with van der Waals surface area (Å²) in [6.07, 6.45) is 15.2. The van der Waals surface area contributed by atoms with E-state index in [1.807, 2.05) is 26.0 Å². The first-order valence-electron chi connectivity index (χ1n) is 20.2. The van der Waals surface area contributed by atoms with Crippen LogP contribution in [0.1, 0.15) is 98.8 Å². The zero-order valence-corrected chi connectivity index (χ0v) is 32.8. The molecule has 6 fully saturated rings. The minimum Gasteiger partial charge on any atom is -0.458 e. The third kappa shape index (κ3) is 5.72. The van der Waals surface area contributed by atoms with Crippen LogP contribution < -0.4 is 0 Å².